The molecule has 0 unspecified atom stereocenters. The first kappa shape index (κ1) is 18.8. The van der Waals surface area contributed by atoms with E-state index in [1.807, 2.05) is 0 Å². The lowest BCUT2D eigenvalue weighted by atomic mass is 10.3. The van der Waals surface area contributed by atoms with Gasteiger partial charge in [-0.15, -0.1) is 0 Å². The van der Waals surface area contributed by atoms with Gasteiger partial charge in [-0.05, 0) is 25.8 Å². The highest BCUT2D eigenvalue weighted by Crippen LogP contribution is 1.91. The summed E-state index contributed by atoms with van der Waals surface area (Å²) in [6.07, 6.45) is 2.64. The number of hydrogen-bond acceptors (Lipinski definition) is 5. The molecule has 19 heavy (non-hydrogen) atoms. The zero-order chi connectivity index (χ0) is 14.4. The molecule has 0 aromatic carbocycles. The Morgan fingerprint density at radius 2 is 1.79 bits per heavy atom. The highest BCUT2D eigenvalue weighted by molar-refractivity contribution is 7.89. The smallest absolute Gasteiger partial charge is 0.212 e. The van der Waals surface area contributed by atoms with Crippen LogP contribution in [0.3, 0.4) is 0 Å². The van der Waals surface area contributed by atoms with Gasteiger partial charge in [-0.1, -0.05) is 6.92 Å². The summed E-state index contributed by atoms with van der Waals surface area (Å²) in [6, 6.07) is 0. The number of nitrogens with one attached hydrogen (secondary N) is 2. The standard InChI is InChI=1S/C12H28N2O4S/c1-3-6-13-8-12-19(15,16)14-7-4-5-9-18-11-10-17-2/h13-14H,3-12H2,1-2H3. The van der Waals surface area contributed by atoms with E-state index in [0.29, 0.717) is 32.9 Å². The molecule has 0 rings (SSSR count). The maximum Gasteiger partial charge on any atom is 0.212 e. The van der Waals surface area contributed by atoms with Crippen LogP contribution in [0.4, 0.5) is 0 Å². The Kier molecular flexibility index (Phi) is 12.7. The Hall–Kier alpha value is -0.210. The Morgan fingerprint density at radius 1 is 1.00 bits per heavy atom. The predicted molar refractivity (Wildman–Crippen MR) is 76.9 cm³/mol. The van der Waals surface area contributed by atoms with Crippen molar-refractivity contribution in [1.29, 1.82) is 0 Å². The third kappa shape index (κ3) is 14.0. The second-order valence-electron chi connectivity index (χ2n) is 4.28. The van der Waals surface area contributed by atoms with Gasteiger partial charge in [-0.3, -0.25) is 0 Å². The van der Waals surface area contributed by atoms with Gasteiger partial charge in [-0.2, -0.15) is 0 Å². The van der Waals surface area contributed by atoms with Crippen molar-refractivity contribution in [3.05, 3.63) is 0 Å². The van der Waals surface area contributed by atoms with Crippen LogP contribution in [0.1, 0.15) is 26.2 Å². The van der Waals surface area contributed by atoms with E-state index in [1.165, 1.54) is 0 Å². The van der Waals surface area contributed by atoms with E-state index in [9.17, 15) is 8.42 Å². The van der Waals surface area contributed by atoms with Crippen LogP contribution in [0.15, 0.2) is 0 Å². The van der Waals surface area contributed by atoms with Gasteiger partial charge in [0, 0.05) is 26.8 Å². The third-order valence-corrected chi connectivity index (χ3v) is 3.83. The topological polar surface area (TPSA) is 76.7 Å². The molecule has 0 aromatic rings. The summed E-state index contributed by atoms with van der Waals surface area (Å²) >= 11 is 0. The van der Waals surface area contributed by atoms with Crippen molar-refractivity contribution >= 4 is 10.0 Å². The molecule has 0 fully saturated rings. The molecular weight excluding hydrogens is 268 g/mol. The Bertz CT molecular complexity index is 283. The molecule has 0 aromatic heterocycles. The van der Waals surface area contributed by atoms with Crippen molar-refractivity contribution in [1.82, 2.24) is 10.0 Å². The molecule has 0 bridgehead atoms. The molecule has 0 aliphatic rings. The second kappa shape index (κ2) is 12.8. The van der Waals surface area contributed by atoms with Gasteiger partial charge in [0.2, 0.25) is 10.0 Å². The van der Waals surface area contributed by atoms with Gasteiger partial charge in [-0.25, -0.2) is 13.1 Å². The Morgan fingerprint density at radius 3 is 2.47 bits per heavy atom. The van der Waals surface area contributed by atoms with Crippen molar-refractivity contribution in [3.8, 4) is 0 Å². The first-order valence-electron chi connectivity index (χ1n) is 6.87. The minimum absolute atomic E-state index is 0.136. The molecule has 0 aliphatic carbocycles. The average molecular weight is 296 g/mol. The number of hydrogen-bond donors (Lipinski definition) is 2. The van der Waals surface area contributed by atoms with Crippen molar-refractivity contribution in [2.75, 3.05) is 52.3 Å². The van der Waals surface area contributed by atoms with E-state index in [4.69, 9.17) is 9.47 Å². The lowest BCUT2D eigenvalue weighted by Crippen LogP contribution is -2.32. The van der Waals surface area contributed by atoms with Gasteiger partial charge >= 0.3 is 0 Å². The maximum absolute atomic E-state index is 11.6. The zero-order valence-electron chi connectivity index (χ0n) is 12.1. The molecule has 116 valence electrons. The summed E-state index contributed by atoms with van der Waals surface area (Å²) in [5.41, 5.74) is 0. The molecule has 0 saturated heterocycles. The molecule has 0 amide bonds. The molecular formula is C12H28N2O4S. The summed E-state index contributed by atoms with van der Waals surface area (Å²) in [5.74, 6) is 0.136. The van der Waals surface area contributed by atoms with Crippen LogP contribution in [0.5, 0.6) is 0 Å². The molecule has 0 atom stereocenters. The number of methoxy groups -OCH3 is 1. The third-order valence-electron chi connectivity index (χ3n) is 2.44. The van der Waals surface area contributed by atoms with Gasteiger partial charge < -0.3 is 14.8 Å². The largest absolute Gasteiger partial charge is 0.382 e. The van der Waals surface area contributed by atoms with E-state index in [2.05, 4.69) is 17.0 Å². The van der Waals surface area contributed by atoms with E-state index in [-0.39, 0.29) is 5.75 Å². The van der Waals surface area contributed by atoms with Gasteiger partial charge in [0.1, 0.15) is 0 Å². The fourth-order valence-corrected chi connectivity index (χ4v) is 2.39. The van der Waals surface area contributed by atoms with Crippen molar-refractivity contribution in [2.24, 2.45) is 0 Å². The minimum Gasteiger partial charge on any atom is -0.382 e. The van der Waals surface area contributed by atoms with Crippen LogP contribution < -0.4 is 10.0 Å². The minimum atomic E-state index is -3.14. The lowest BCUT2D eigenvalue weighted by molar-refractivity contribution is 0.0689. The molecule has 0 radical (unpaired) electrons. The normalized spacial score (nSPS) is 11.9. The Balaban J connectivity index is 3.38. The maximum atomic E-state index is 11.6. The summed E-state index contributed by atoms with van der Waals surface area (Å²) in [7, 11) is -1.50. The first-order chi connectivity index (χ1) is 9.12. The highest BCUT2D eigenvalue weighted by atomic mass is 32.2. The van der Waals surface area contributed by atoms with Crippen molar-refractivity contribution in [2.45, 2.75) is 26.2 Å². The number of rotatable bonds is 14. The zero-order valence-corrected chi connectivity index (χ0v) is 12.9. The van der Waals surface area contributed by atoms with E-state index in [1.54, 1.807) is 7.11 Å². The summed E-state index contributed by atoms with van der Waals surface area (Å²) in [4.78, 5) is 0. The first-order valence-corrected chi connectivity index (χ1v) is 8.52. The predicted octanol–water partition coefficient (Wildman–Crippen LogP) is 0.349. The van der Waals surface area contributed by atoms with E-state index >= 15 is 0 Å². The van der Waals surface area contributed by atoms with Crippen molar-refractivity contribution < 1.29 is 17.9 Å². The molecule has 0 heterocycles. The van der Waals surface area contributed by atoms with Crippen molar-refractivity contribution in [3.63, 3.8) is 0 Å². The van der Waals surface area contributed by atoms with Crippen LogP contribution in [0, 0.1) is 0 Å². The molecule has 6 nitrogen and oxygen atoms in total. The van der Waals surface area contributed by atoms with Gasteiger partial charge in [0.15, 0.2) is 0 Å². The quantitative estimate of drug-likeness (QED) is 0.452. The van der Waals surface area contributed by atoms with Crippen LogP contribution in [-0.4, -0.2) is 60.7 Å². The van der Waals surface area contributed by atoms with Gasteiger partial charge in [0.25, 0.3) is 0 Å². The number of sulfonamides is 1. The second-order valence-corrected chi connectivity index (χ2v) is 6.20. The summed E-state index contributed by atoms with van der Waals surface area (Å²) < 4.78 is 35.9. The average Bonchev–Trinajstić information content (AvgIpc) is 2.38. The van der Waals surface area contributed by atoms with E-state index < -0.39 is 10.0 Å². The molecule has 0 aliphatic heterocycles. The molecule has 0 saturated carbocycles. The summed E-state index contributed by atoms with van der Waals surface area (Å²) in [5, 5.41) is 3.07. The summed E-state index contributed by atoms with van der Waals surface area (Å²) in [6.45, 7) is 5.71. The SMILES string of the molecule is CCCNCCS(=O)(=O)NCCCCOCCOC. The van der Waals surface area contributed by atoms with Crippen LogP contribution >= 0.6 is 0 Å². The monoisotopic (exact) mass is 296 g/mol. The molecule has 0 spiro atoms. The molecule has 2 N–H and O–H groups in total. The van der Waals surface area contributed by atoms with E-state index in [0.717, 1.165) is 25.8 Å². The van der Waals surface area contributed by atoms with Gasteiger partial charge in [0.05, 0.1) is 19.0 Å². The number of unbranched alkanes of at least 4 members (excludes halogenated alkanes) is 1. The van der Waals surface area contributed by atoms with Crippen LogP contribution in [0.2, 0.25) is 0 Å². The fourth-order valence-electron chi connectivity index (χ4n) is 1.38. The van der Waals surface area contributed by atoms with Crippen LogP contribution in [-0.2, 0) is 19.5 Å². The molecule has 7 heteroatoms. The number of ether oxygens (including phenoxy) is 2. The Labute approximate surface area is 117 Å². The van der Waals surface area contributed by atoms with Crippen LogP contribution in [0.25, 0.3) is 0 Å². The lowest BCUT2D eigenvalue weighted by Gasteiger charge is -2.07. The fraction of sp³-hybridized carbons (Fsp3) is 1.00. The highest BCUT2D eigenvalue weighted by Gasteiger charge is 2.07.